The van der Waals surface area contributed by atoms with Crippen LogP contribution in [0.3, 0.4) is 0 Å². The first-order valence-electron chi connectivity index (χ1n) is 12.0. The Kier molecular flexibility index (Phi) is 8.95. The Labute approximate surface area is 194 Å². The van der Waals surface area contributed by atoms with E-state index in [0.717, 1.165) is 79.6 Å². The first-order chi connectivity index (χ1) is 15.8. The number of ether oxygens (including phenoxy) is 1. The van der Waals surface area contributed by atoms with Crippen LogP contribution in [0.1, 0.15) is 80.9 Å². The molecule has 3 nitrogen and oxygen atoms in total. The van der Waals surface area contributed by atoms with Crippen molar-refractivity contribution in [2.75, 3.05) is 19.7 Å². The summed E-state index contributed by atoms with van der Waals surface area (Å²) in [7, 11) is 0. The standard InChI is InChI=1S/C27H34F3NO2/c1-3-5-6-7-25(26(32)33-4-2)23-17-21(16-22(18-23)20-12-14-31-15-13-20)19-8-10-24(11-9-19)27(28,29)30/h8-11,16-18,20,25,31H,3-7,12-15H2,1-2H3. The van der Waals surface area contributed by atoms with Crippen LogP contribution in [-0.4, -0.2) is 25.7 Å². The van der Waals surface area contributed by atoms with E-state index >= 15 is 0 Å². The molecule has 0 bridgehead atoms. The summed E-state index contributed by atoms with van der Waals surface area (Å²) in [4.78, 5) is 12.9. The highest BCUT2D eigenvalue weighted by molar-refractivity contribution is 5.79. The number of unbranched alkanes of at least 4 members (excludes halogenated alkanes) is 2. The molecule has 1 aliphatic rings. The fourth-order valence-corrected chi connectivity index (χ4v) is 4.55. The number of carbonyl (C=O) groups excluding carboxylic acids is 1. The van der Waals surface area contributed by atoms with Crippen molar-refractivity contribution in [1.29, 1.82) is 0 Å². The van der Waals surface area contributed by atoms with Gasteiger partial charge in [-0.3, -0.25) is 4.79 Å². The van der Waals surface area contributed by atoms with E-state index in [9.17, 15) is 18.0 Å². The smallest absolute Gasteiger partial charge is 0.416 e. The summed E-state index contributed by atoms with van der Waals surface area (Å²) in [5, 5.41) is 3.38. The minimum absolute atomic E-state index is 0.227. The summed E-state index contributed by atoms with van der Waals surface area (Å²) in [6.45, 7) is 6.12. The molecular formula is C27H34F3NO2. The Morgan fingerprint density at radius 2 is 1.73 bits per heavy atom. The summed E-state index contributed by atoms with van der Waals surface area (Å²) in [6.07, 6.45) is 1.35. The molecule has 180 valence electrons. The number of piperidine rings is 1. The van der Waals surface area contributed by atoms with Gasteiger partial charge in [0.25, 0.3) is 0 Å². The molecular weight excluding hydrogens is 427 g/mol. The molecule has 6 heteroatoms. The molecule has 1 N–H and O–H groups in total. The van der Waals surface area contributed by atoms with Crippen LogP contribution in [0.2, 0.25) is 0 Å². The van der Waals surface area contributed by atoms with Gasteiger partial charge in [0.2, 0.25) is 0 Å². The molecule has 1 heterocycles. The number of benzene rings is 2. The zero-order valence-corrected chi connectivity index (χ0v) is 19.5. The maximum Gasteiger partial charge on any atom is 0.416 e. The molecule has 3 rings (SSSR count). The van der Waals surface area contributed by atoms with Crippen molar-refractivity contribution in [3.8, 4) is 11.1 Å². The number of rotatable bonds is 9. The van der Waals surface area contributed by atoms with Gasteiger partial charge in [-0.2, -0.15) is 13.2 Å². The van der Waals surface area contributed by atoms with Gasteiger partial charge in [-0.25, -0.2) is 0 Å². The highest BCUT2D eigenvalue weighted by atomic mass is 19.4. The van der Waals surface area contributed by atoms with Crippen molar-refractivity contribution in [3.05, 3.63) is 59.2 Å². The van der Waals surface area contributed by atoms with Gasteiger partial charge in [-0.15, -0.1) is 0 Å². The molecule has 0 spiro atoms. The molecule has 0 saturated carbocycles. The Hall–Kier alpha value is -2.34. The zero-order valence-electron chi connectivity index (χ0n) is 19.5. The molecule has 1 atom stereocenters. The SMILES string of the molecule is CCCCCC(C(=O)OCC)c1cc(-c2ccc(C(F)(F)F)cc2)cc(C2CCNCC2)c1. The first-order valence-corrected chi connectivity index (χ1v) is 12.0. The third-order valence-corrected chi connectivity index (χ3v) is 6.40. The van der Waals surface area contributed by atoms with E-state index in [2.05, 4.69) is 24.4 Å². The maximum absolute atomic E-state index is 13.1. The van der Waals surface area contributed by atoms with Gasteiger partial charge >= 0.3 is 12.1 Å². The highest BCUT2D eigenvalue weighted by Gasteiger charge is 2.30. The Bertz CT molecular complexity index is 903. The minimum atomic E-state index is -4.37. The Balaban J connectivity index is 2.03. The number of halogens is 3. The monoisotopic (exact) mass is 461 g/mol. The van der Waals surface area contributed by atoms with Crippen LogP contribution in [-0.2, 0) is 15.7 Å². The summed E-state index contributed by atoms with van der Waals surface area (Å²) in [6, 6.07) is 11.4. The Morgan fingerprint density at radius 1 is 1.03 bits per heavy atom. The van der Waals surface area contributed by atoms with Crippen molar-refractivity contribution >= 4 is 5.97 Å². The number of hydrogen-bond acceptors (Lipinski definition) is 3. The molecule has 0 aliphatic carbocycles. The third kappa shape index (κ3) is 6.83. The number of nitrogens with one attached hydrogen (secondary N) is 1. The molecule has 0 aromatic heterocycles. The summed E-state index contributed by atoms with van der Waals surface area (Å²) in [5.74, 6) is -0.237. The van der Waals surface area contributed by atoms with Gasteiger partial charge in [-0.05, 0) is 79.6 Å². The van der Waals surface area contributed by atoms with E-state index in [4.69, 9.17) is 4.74 Å². The largest absolute Gasteiger partial charge is 0.466 e. The summed E-state index contributed by atoms with van der Waals surface area (Å²) < 4.78 is 44.6. The van der Waals surface area contributed by atoms with Gasteiger partial charge in [0.15, 0.2) is 0 Å². The van der Waals surface area contributed by atoms with Crippen molar-refractivity contribution in [2.45, 2.75) is 70.4 Å². The van der Waals surface area contributed by atoms with E-state index in [0.29, 0.717) is 18.9 Å². The predicted molar refractivity (Wildman–Crippen MR) is 125 cm³/mol. The number of carbonyl (C=O) groups is 1. The van der Waals surface area contributed by atoms with Crippen LogP contribution < -0.4 is 5.32 Å². The second-order valence-electron chi connectivity index (χ2n) is 8.79. The third-order valence-electron chi connectivity index (χ3n) is 6.40. The van der Waals surface area contributed by atoms with Gasteiger partial charge < -0.3 is 10.1 Å². The van der Waals surface area contributed by atoms with Gasteiger partial charge in [0.05, 0.1) is 18.1 Å². The van der Waals surface area contributed by atoms with Crippen LogP contribution in [0.25, 0.3) is 11.1 Å². The van der Waals surface area contributed by atoms with Crippen LogP contribution in [0, 0.1) is 0 Å². The van der Waals surface area contributed by atoms with Crippen molar-refractivity contribution in [3.63, 3.8) is 0 Å². The van der Waals surface area contributed by atoms with E-state index in [1.807, 2.05) is 6.07 Å². The lowest BCUT2D eigenvalue weighted by Gasteiger charge is -2.25. The van der Waals surface area contributed by atoms with Gasteiger partial charge in [0, 0.05) is 0 Å². The molecule has 2 aromatic carbocycles. The van der Waals surface area contributed by atoms with E-state index in [-0.39, 0.29) is 11.9 Å². The quantitative estimate of drug-likeness (QED) is 0.321. The second kappa shape index (κ2) is 11.7. The average Bonchev–Trinajstić information content (AvgIpc) is 2.82. The second-order valence-corrected chi connectivity index (χ2v) is 8.79. The fraction of sp³-hybridized carbons (Fsp3) is 0.519. The van der Waals surface area contributed by atoms with Crippen LogP contribution in [0.4, 0.5) is 13.2 Å². The lowest BCUT2D eigenvalue weighted by atomic mass is 9.83. The lowest BCUT2D eigenvalue weighted by Crippen LogP contribution is -2.26. The molecule has 1 unspecified atom stereocenters. The van der Waals surface area contributed by atoms with Crippen molar-refractivity contribution < 1.29 is 22.7 Å². The van der Waals surface area contributed by atoms with Crippen LogP contribution in [0.5, 0.6) is 0 Å². The van der Waals surface area contributed by atoms with E-state index in [1.165, 1.54) is 12.1 Å². The predicted octanol–water partition coefficient (Wildman–Crippen LogP) is 7.07. The summed E-state index contributed by atoms with van der Waals surface area (Å²) >= 11 is 0. The highest BCUT2D eigenvalue weighted by Crippen LogP contribution is 2.36. The van der Waals surface area contributed by atoms with Gasteiger partial charge in [0.1, 0.15) is 0 Å². The van der Waals surface area contributed by atoms with E-state index in [1.54, 1.807) is 6.92 Å². The topological polar surface area (TPSA) is 38.3 Å². The average molecular weight is 462 g/mol. The molecule has 2 aromatic rings. The Morgan fingerprint density at radius 3 is 2.33 bits per heavy atom. The van der Waals surface area contributed by atoms with Crippen molar-refractivity contribution in [1.82, 2.24) is 5.32 Å². The maximum atomic E-state index is 13.1. The first kappa shape index (κ1) is 25.3. The fourth-order valence-electron chi connectivity index (χ4n) is 4.55. The summed E-state index contributed by atoms with van der Waals surface area (Å²) in [5.41, 5.74) is 2.95. The van der Waals surface area contributed by atoms with E-state index < -0.39 is 11.7 Å². The number of alkyl halides is 3. The molecule has 0 radical (unpaired) electrons. The molecule has 0 amide bonds. The number of hydrogen-bond donors (Lipinski definition) is 1. The number of esters is 1. The lowest BCUT2D eigenvalue weighted by molar-refractivity contribution is -0.145. The normalized spacial score (nSPS) is 15.9. The van der Waals surface area contributed by atoms with Crippen LogP contribution in [0.15, 0.2) is 42.5 Å². The molecule has 1 fully saturated rings. The molecule has 1 aliphatic heterocycles. The minimum Gasteiger partial charge on any atom is -0.466 e. The van der Waals surface area contributed by atoms with Crippen molar-refractivity contribution in [2.24, 2.45) is 0 Å². The van der Waals surface area contributed by atoms with Crippen LogP contribution >= 0.6 is 0 Å². The van der Waals surface area contributed by atoms with Gasteiger partial charge in [-0.1, -0.05) is 56.5 Å². The zero-order chi connectivity index (χ0) is 23.8. The molecule has 33 heavy (non-hydrogen) atoms. The molecule has 1 saturated heterocycles.